The van der Waals surface area contributed by atoms with E-state index in [0.29, 0.717) is 0 Å². The molecule has 1 heterocycles. The van der Waals surface area contributed by atoms with E-state index < -0.39 is 48.9 Å². The van der Waals surface area contributed by atoms with Gasteiger partial charge in [-0.15, -0.1) is 0 Å². The second kappa shape index (κ2) is 8.22. The van der Waals surface area contributed by atoms with E-state index in [2.05, 4.69) is 5.32 Å². The van der Waals surface area contributed by atoms with Gasteiger partial charge < -0.3 is 20.1 Å². The van der Waals surface area contributed by atoms with Crippen LogP contribution in [0.15, 0.2) is 48.5 Å². The minimum Gasteiger partial charge on any atom is -0.481 e. The van der Waals surface area contributed by atoms with Crippen LogP contribution in [0.2, 0.25) is 0 Å². The number of halogens is 2. The first-order valence-electron chi connectivity index (χ1n) is 10.2. The van der Waals surface area contributed by atoms with Gasteiger partial charge in [0.1, 0.15) is 18.6 Å². The summed E-state index contributed by atoms with van der Waals surface area (Å²) in [6, 6.07) is 14.5. The zero-order valence-corrected chi connectivity index (χ0v) is 17.3. The number of nitrogens with zero attached hydrogens (tertiary/aromatic N) is 1. The van der Waals surface area contributed by atoms with Crippen LogP contribution >= 0.6 is 0 Å². The molecule has 2 atom stereocenters. The lowest BCUT2D eigenvalue weighted by Crippen LogP contribution is -2.47. The average Bonchev–Trinajstić information content (AvgIpc) is 3.26. The van der Waals surface area contributed by atoms with Gasteiger partial charge in [-0.25, -0.2) is 13.6 Å². The largest absolute Gasteiger partial charge is 0.481 e. The van der Waals surface area contributed by atoms with Crippen LogP contribution in [-0.2, 0) is 14.3 Å². The molecule has 1 saturated heterocycles. The summed E-state index contributed by atoms with van der Waals surface area (Å²) in [4.78, 5) is 36.5. The Kier molecular flexibility index (Phi) is 5.58. The third kappa shape index (κ3) is 3.90. The predicted molar refractivity (Wildman–Crippen MR) is 110 cm³/mol. The van der Waals surface area contributed by atoms with Crippen LogP contribution in [0.1, 0.15) is 24.0 Å². The summed E-state index contributed by atoms with van der Waals surface area (Å²) in [5.74, 6) is -8.10. The number of nitrogens with one attached hydrogen (secondary N) is 1. The number of alkyl halides is 2. The average molecular weight is 444 g/mol. The minimum atomic E-state index is -3.52. The number of carboxylic acids is 1. The molecule has 0 aromatic heterocycles. The van der Waals surface area contributed by atoms with E-state index in [0.717, 1.165) is 27.2 Å². The van der Waals surface area contributed by atoms with Crippen molar-refractivity contribution in [2.45, 2.75) is 24.8 Å². The number of hydrogen-bond acceptors (Lipinski definition) is 4. The highest BCUT2D eigenvalue weighted by Crippen LogP contribution is 2.44. The van der Waals surface area contributed by atoms with Crippen molar-refractivity contribution < 1.29 is 33.0 Å². The van der Waals surface area contributed by atoms with Gasteiger partial charge in [-0.2, -0.15) is 0 Å². The summed E-state index contributed by atoms with van der Waals surface area (Å²) in [7, 11) is 0. The number of amides is 2. The summed E-state index contributed by atoms with van der Waals surface area (Å²) in [6.45, 7) is -0.225. The normalized spacial score (nSPS) is 19.7. The number of carbonyl (C=O) groups excluding carboxylic acids is 2. The lowest BCUT2D eigenvalue weighted by Gasteiger charge is -2.21. The topological polar surface area (TPSA) is 95.9 Å². The quantitative estimate of drug-likeness (QED) is 0.739. The SMILES string of the molecule is C[C@@H](NC(=O)OCC1c2ccccc2-c2ccccc21)C(=O)N1CC(C(=O)O)C(F)(F)C1. The second-order valence-corrected chi connectivity index (χ2v) is 8.06. The number of ether oxygens (including phenoxy) is 1. The molecule has 2 amide bonds. The molecule has 0 saturated carbocycles. The maximum absolute atomic E-state index is 13.8. The molecule has 1 unspecified atom stereocenters. The number of rotatable bonds is 5. The summed E-state index contributed by atoms with van der Waals surface area (Å²) >= 11 is 0. The fraction of sp³-hybridized carbons (Fsp3) is 0.348. The van der Waals surface area contributed by atoms with Crippen molar-refractivity contribution >= 4 is 18.0 Å². The van der Waals surface area contributed by atoms with Gasteiger partial charge in [0.15, 0.2) is 0 Å². The fourth-order valence-electron chi connectivity index (χ4n) is 4.36. The van der Waals surface area contributed by atoms with E-state index in [1.54, 1.807) is 0 Å². The number of carbonyl (C=O) groups is 3. The van der Waals surface area contributed by atoms with Crippen molar-refractivity contribution in [2.24, 2.45) is 5.92 Å². The van der Waals surface area contributed by atoms with Crippen molar-refractivity contribution in [2.75, 3.05) is 19.7 Å². The van der Waals surface area contributed by atoms with E-state index in [1.807, 2.05) is 48.5 Å². The Balaban J connectivity index is 1.37. The molecule has 0 radical (unpaired) electrons. The van der Waals surface area contributed by atoms with E-state index in [-0.39, 0.29) is 12.5 Å². The third-order valence-corrected chi connectivity index (χ3v) is 5.97. The molecule has 2 aromatic carbocycles. The van der Waals surface area contributed by atoms with Crippen molar-refractivity contribution in [1.82, 2.24) is 10.2 Å². The van der Waals surface area contributed by atoms with Crippen LogP contribution in [0, 0.1) is 5.92 Å². The number of aliphatic carboxylic acids is 1. The van der Waals surface area contributed by atoms with Crippen LogP contribution in [0.3, 0.4) is 0 Å². The second-order valence-electron chi connectivity index (χ2n) is 8.06. The molecule has 4 rings (SSSR count). The van der Waals surface area contributed by atoms with Gasteiger partial charge in [0.2, 0.25) is 5.91 Å². The maximum Gasteiger partial charge on any atom is 0.407 e. The molecule has 9 heteroatoms. The molecule has 7 nitrogen and oxygen atoms in total. The Morgan fingerprint density at radius 1 is 1.12 bits per heavy atom. The molecule has 168 valence electrons. The first kappa shape index (κ1) is 21.7. The van der Waals surface area contributed by atoms with E-state index >= 15 is 0 Å². The number of carboxylic acid groups (broad SMARTS) is 1. The summed E-state index contributed by atoms with van der Waals surface area (Å²) in [5.41, 5.74) is 4.21. The number of likely N-dealkylation sites (tertiary alicyclic amines) is 1. The molecule has 2 N–H and O–H groups in total. The van der Waals surface area contributed by atoms with E-state index in [9.17, 15) is 23.2 Å². The summed E-state index contributed by atoms with van der Waals surface area (Å²) < 4.78 is 33.1. The summed E-state index contributed by atoms with van der Waals surface area (Å²) in [5, 5.41) is 11.3. The molecule has 1 aliphatic carbocycles. The van der Waals surface area contributed by atoms with Gasteiger partial charge in [-0.1, -0.05) is 48.5 Å². The zero-order valence-electron chi connectivity index (χ0n) is 17.3. The first-order valence-corrected chi connectivity index (χ1v) is 10.2. The molecular weight excluding hydrogens is 422 g/mol. The monoisotopic (exact) mass is 444 g/mol. The molecule has 2 aliphatic rings. The van der Waals surface area contributed by atoms with Crippen molar-refractivity contribution in [1.29, 1.82) is 0 Å². The maximum atomic E-state index is 13.8. The number of benzene rings is 2. The Hall–Kier alpha value is -3.49. The van der Waals surface area contributed by atoms with Crippen molar-refractivity contribution in [3.05, 3.63) is 59.7 Å². The van der Waals surface area contributed by atoms with Crippen LogP contribution < -0.4 is 5.32 Å². The smallest absolute Gasteiger partial charge is 0.407 e. The standard InChI is InChI=1S/C23H22F2N2O5/c1-13(20(28)27-10-19(21(29)30)23(24,25)12-27)26-22(31)32-11-18-16-8-4-2-6-14(16)15-7-3-5-9-17(15)18/h2-9,13,18-19H,10-12H2,1H3,(H,26,31)(H,29,30)/t13-,19?/m1/s1. The van der Waals surface area contributed by atoms with Gasteiger partial charge in [-0.3, -0.25) is 9.59 Å². The lowest BCUT2D eigenvalue weighted by molar-refractivity contribution is -0.151. The Bertz CT molecular complexity index is 1030. The van der Waals surface area contributed by atoms with Crippen molar-refractivity contribution in [3.8, 4) is 11.1 Å². The van der Waals surface area contributed by atoms with Gasteiger partial charge >= 0.3 is 12.1 Å². The fourth-order valence-corrected chi connectivity index (χ4v) is 4.36. The zero-order chi connectivity index (χ0) is 23.0. The van der Waals surface area contributed by atoms with Gasteiger partial charge in [0.25, 0.3) is 5.92 Å². The van der Waals surface area contributed by atoms with Gasteiger partial charge in [0.05, 0.1) is 6.54 Å². The summed E-state index contributed by atoms with van der Waals surface area (Å²) in [6.07, 6.45) is -0.853. The van der Waals surface area contributed by atoms with Gasteiger partial charge in [0, 0.05) is 12.5 Å². The molecule has 0 bridgehead atoms. The molecule has 0 spiro atoms. The highest BCUT2D eigenvalue weighted by atomic mass is 19.3. The Morgan fingerprint density at radius 3 is 2.22 bits per heavy atom. The Morgan fingerprint density at radius 2 is 1.69 bits per heavy atom. The molecular formula is C23H22F2N2O5. The van der Waals surface area contributed by atoms with Crippen LogP contribution in [0.5, 0.6) is 0 Å². The number of hydrogen-bond donors (Lipinski definition) is 2. The van der Waals surface area contributed by atoms with E-state index in [4.69, 9.17) is 9.84 Å². The van der Waals surface area contributed by atoms with Gasteiger partial charge in [-0.05, 0) is 29.2 Å². The minimum absolute atomic E-state index is 0.0453. The Labute approximate surface area is 183 Å². The predicted octanol–water partition coefficient (Wildman–Crippen LogP) is 3.09. The highest BCUT2D eigenvalue weighted by Gasteiger charge is 2.53. The highest BCUT2D eigenvalue weighted by molar-refractivity contribution is 5.86. The first-order chi connectivity index (χ1) is 15.2. The van der Waals surface area contributed by atoms with Crippen molar-refractivity contribution in [3.63, 3.8) is 0 Å². The van der Waals surface area contributed by atoms with Crippen LogP contribution in [0.25, 0.3) is 11.1 Å². The molecule has 2 aromatic rings. The van der Waals surface area contributed by atoms with Crippen LogP contribution in [0.4, 0.5) is 13.6 Å². The number of fused-ring (bicyclic) bond motifs is 3. The van der Waals surface area contributed by atoms with Crippen LogP contribution in [-0.4, -0.2) is 59.6 Å². The molecule has 1 fully saturated rings. The number of alkyl carbamates (subject to hydrolysis) is 1. The molecule has 32 heavy (non-hydrogen) atoms. The van der Waals surface area contributed by atoms with E-state index in [1.165, 1.54) is 6.92 Å². The lowest BCUT2D eigenvalue weighted by atomic mass is 9.98. The molecule has 1 aliphatic heterocycles. The third-order valence-electron chi connectivity index (χ3n) is 5.97.